The highest BCUT2D eigenvalue weighted by Crippen LogP contribution is 2.17. The monoisotopic (exact) mass is 307 g/mol. The summed E-state index contributed by atoms with van der Waals surface area (Å²) in [5.41, 5.74) is 0.675. The molecule has 0 aliphatic carbocycles. The summed E-state index contributed by atoms with van der Waals surface area (Å²) in [5, 5.41) is 19.5. The quantitative estimate of drug-likeness (QED) is 0.692. The molecule has 2 aromatic rings. The number of hydrogen-bond donors (Lipinski definition) is 2. The molecule has 0 unspecified atom stereocenters. The molecular weight excluding hydrogens is 289 g/mol. The van der Waals surface area contributed by atoms with Crippen molar-refractivity contribution in [3.05, 3.63) is 36.0 Å². The number of rotatable bonds is 9. The van der Waals surface area contributed by atoms with Gasteiger partial charge in [-0.05, 0) is 43.7 Å². The zero-order chi connectivity index (χ0) is 15.8. The summed E-state index contributed by atoms with van der Waals surface area (Å²) in [4.78, 5) is 10.3. The van der Waals surface area contributed by atoms with E-state index in [9.17, 15) is 9.18 Å². The van der Waals surface area contributed by atoms with Crippen LogP contribution in [-0.2, 0) is 11.3 Å². The molecule has 0 saturated carbocycles. The number of aromatic nitrogens is 2. The first-order valence-electron chi connectivity index (χ1n) is 7.16. The third-order valence-electron chi connectivity index (χ3n) is 3.08. The van der Waals surface area contributed by atoms with E-state index in [2.05, 4.69) is 15.5 Å². The van der Waals surface area contributed by atoms with Crippen molar-refractivity contribution in [3.63, 3.8) is 0 Å². The summed E-state index contributed by atoms with van der Waals surface area (Å²) in [6.07, 6.45) is 2.66. The Morgan fingerprint density at radius 3 is 2.68 bits per heavy atom. The number of unbranched alkanes of at least 4 members (excludes halogenated alkanes) is 2. The van der Waals surface area contributed by atoms with Crippen LogP contribution in [0.25, 0.3) is 11.5 Å². The molecule has 0 amide bonds. The molecule has 0 aliphatic heterocycles. The van der Waals surface area contributed by atoms with Crippen molar-refractivity contribution in [1.82, 2.24) is 15.5 Å². The van der Waals surface area contributed by atoms with Gasteiger partial charge in [-0.15, -0.1) is 10.2 Å². The van der Waals surface area contributed by atoms with Gasteiger partial charge in [-0.2, -0.15) is 0 Å². The third-order valence-corrected chi connectivity index (χ3v) is 3.08. The Morgan fingerprint density at radius 1 is 1.18 bits per heavy atom. The fraction of sp³-hybridized carbons (Fsp3) is 0.400. The molecule has 6 nitrogen and oxygen atoms in total. The van der Waals surface area contributed by atoms with Crippen LogP contribution < -0.4 is 5.32 Å². The van der Waals surface area contributed by atoms with Crippen LogP contribution in [0.2, 0.25) is 0 Å². The van der Waals surface area contributed by atoms with Gasteiger partial charge in [0.15, 0.2) is 0 Å². The lowest BCUT2D eigenvalue weighted by molar-refractivity contribution is -0.137. The maximum atomic E-state index is 12.8. The zero-order valence-electron chi connectivity index (χ0n) is 12.1. The van der Waals surface area contributed by atoms with Crippen LogP contribution in [0.5, 0.6) is 0 Å². The molecule has 0 saturated heterocycles. The van der Waals surface area contributed by atoms with E-state index in [0.29, 0.717) is 30.3 Å². The fourth-order valence-electron chi connectivity index (χ4n) is 1.93. The first-order valence-corrected chi connectivity index (χ1v) is 7.16. The van der Waals surface area contributed by atoms with Gasteiger partial charge >= 0.3 is 5.97 Å². The summed E-state index contributed by atoms with van der Waals surface area (Å²) in [6, 6.07) is 5.86. The Hall–Kier alpha value is -2.28. The van der Waals surface area contributed by atoms with Crippen molar-refractivity contribution in [2.24, 2.45) is 0 Å². The molecule has 22 heavy (non-hydrogen) atoms. The van der Waals surface area contributed by atoms with E-state index in [4.69, 9.17) is 9.52 Å². The van der Waals surface area contributed by atoms with E-state index < -0.39 is 5.97 Å². The minimum Gasteiger partial charge on any atom is -0.481 e. The lowest BCUT2D eigenvalue weighted by Gasteiger charge is -2.01. The van der Waals surface area contributed by atoms with E-state index >= 15 is 0 Å². The number of hydrogen-bond acceptors (Lipinski definition) is 5. The number of carboxylic acids is 1. The summed E-state index contributed by atoms with van der Waals surface area (Å²) < 4.78 is 18.3. The molecule has 1 aromatic heterocycles. The molecular formula is C15H18FN3O3. The molecule has 0 radical (unpaired) electrons. The van der Waals surface area contributed by atoms with E-state index in [-0.39, 0.29) is 12.2 Å². The fourth-order valence-corrected chi connectivity index (χ4v) is 1.93. The first kappa shape index (κ1) is 16.1. The number of carboxylic acid groups (broad SMARTS) is 1. The van der Waals surface area contributed by atoms with Gasteiger partial charge < -0.3 is 14.8 Å². The van der Waals surface area contributed by atoms with Gasteiger partial charge in [0.1, 0.15) is 5.82 Å². The topological polar surface area (TPSA) is 88.2 Å². The second-order valence-corrected chi connectivity index (χ2v) is 4.89. The van der Waals surface area contributed by atoms with Gasteiger partial charge in [0, 0.05) is 12.0 Å². The van der Waals surface area contributed by atoms with Crippen LogP contribution in [0.15, 0.2) is 28.7 Å². The SMILES string of the molecule is O=C(O)CCCCCNCc1nnc(-c2ccc(F)cc2)o1. The zero-order valence-corrected chi connectivity index (χ0v) is 12.1. The highest BCUT2D eigenvalue weighted by molar-refractivity contribution is 5.66. The van der Waals surface area contributed by atoms with Crippen LogP contribution in [0.1, 0.15) is 31.6 Å². The van der Waals surface area contributed by atoms with Gasteiger partial charge in [0.05, 0.1) is 6.54 Å². The van der Waals surface area contributed by atoms with Gasteiger partial charge in [-0.3, -0.25) is 4.79 Å². The Bertz CT molecular complexity index is 598. The predicted octanol–water partition coefficient (Wildman–Crippen LogP) is 2.61. The van der Waals surface area contributed by atoms with Gasteiger partial charge in [-0.25, -0.2) is 4.39 Å². The van der Waals surface area contributed by atoms with E-state index in [1.54, 1.807) is 12.1 Å². The number of carbonyl (C=O) groups is 1. The molecule has 0 atom stereocenters. The lowest BCUT2D eigenvalue weighted by Crippen LogP contribution is -2.15. The normalized spacial score (nSPS) is 10.8. The van der Waals surface area contributed by atoms with Crippen molar-refractivity contribution in [1.29, 1.82) is 0 Å². The van der Waals surface area contributed by atoms with Crippen molar-refractivity contribution < 1.29 is 18.7 Å². The number of halogens is 1. The minimum atomic E-state index is -0.757. The van der Waals surface area contributed by atoms with Crippen LogP contribution in [0.4, 0.5) is 4.39 Å². The molecule has 7 heteroatoms. The van der Waals surface area contributed by atoms with Gasteiger partial charge in [-0.1, -0.05) is 6.42 Å². The summed E-state index contributed by atoms with van der Waals surface area (Å²) in [7, 11) is 0. The van der Waals surface area contributed by atoms with Gasteiger partial charge in [0.2, 0.25) is 11.8 Å². The average molecular weight is 307 g/mol. The molecule has 0 aliphatic rings. The van der Waals surface area contributed by atoms with Crippen molar-refractivity contribution in [2.75, 3.05) is 6.54 Å². The summed E-state index contributed by atoms with van der Waals surface area (Å²) in [5.74, 6) is -0.247. The molecule has 0 spiro atoms. The van der Waals surface area contributed by atoms with Crippen molar-refractivity contribution in [2.45, 2.75) is 32.2 Å². The first-order chi connectivity index (χ1) is 10.6. The molecule has 2 rings (SSSR count). The third kappa shape index (κ3) is 5.25. The van der Waals surface area contributed by atoms with Crippen LogP contribution in [0, 0.1) is 5.82 Å². The maximum absolute atomic E-state index is 12.8. The maximum Gasteiger partial charge on any atom is 0.303 e. The van der Waals surface area contributed by atoms with Crippen molar-refractivity contribution >= 4 is 5.97 Å². The Kier molecular flexibility index (Phi) is 6.02. The van der Waals surface area contributed by atoms with E-state index in [1.165, 1.54) is 12.1 Å². The standard InChI is InChI=1S/C15H18FN3O3/c16-12-7-5-11(6-8-12)15-19-18-13(22-15)10-17-9-3-1-2-4-14(20)21/h5-8,17H,1-4,9-10H2,(H,20,21). The highest BCUT2D eigenvalue weighted by Gasteiger charge is 2.08. The van der Waals surface area contributed by atoms with E-state index in [0.717, 1.165) is 19.4 Å². The molecule has 118 valence electrons. The molecule has 1 aromatic carbocycles. The largest absolute Gasteiger partial charge is 0.481 e. The number of nitrogens with one attached hydrogen (secondary N) is 1. The summed E-state index contributed by atoms with van der Waals surface area (Å²) in [6.45, 7) is 1.21. The second kappa shape index (κ2) is 8.23. The molecule has 0 fully saturated rings. The lowest BCUT2D eigenvalue weighted by atomic mass is 10.2. The predicted molar refractivity (Wildman–Crippen MR) is 77.5 cm³/mol. The van der Waals surface area contributed by atoms with Crippen LogP contribution in [-0.4, -0.2) is 27.8 Å². The molecule has 0 bridgehead atoms. The molecule has 2 N–H and O–H groups in total. The smallest absolute Gasteiger partial charge is 0.303 e. The number of nitrogens with zero attached hydrogens (tertiary/aromatic N) is 2. The van der Waals surface area contributed by atoms with Crippen molar-refractivity contribution in [3.8, 4) is 11.5 Å². The van der Waals surface area contributed by atoms with Crippen LogP contribution in [0.3, 0.4) is 0 Å². The number of aliphatic carboxylic acids is 1. The Morgan fingerprint density at radius 2 is 1.95 bits per heavy atom. The number of benzene rings is 1. The second-order valence-electron chi connectivity index (χ2n) is 4.89. The van der Waals surface area contributed by atoms with Crippen LogP contribution >= 0.6 is 0 Å². The van der Waals surface area contributed by atoms with E-state index in [1.807, 2.05) is 0 Å². The minimum absolute atomic E-state index is 0.213. The summed E-state index contributed by atoms with van der Waals surface area (Å²) >= 11 is 0. The Balaban J connectivity index is 1.69. The highest BCUT2D eigenvalue weighted by atomic mass is 19.1. The average Bonchev–Trinajstić information content (AvgIpc) is 2.95. The Labute approximate surface area is 127 Å². The van der Waals surface area contributed by atoms with Gasteiger partial charge in [0.25, 0.3) is 0 Å². The molecule has 1 heterocycles.